The fraction of sp³-hybridized carbons (Fsp3) is 0.700. The zero-order valence-electron chi connectivity index (χ0n) is 9.70. The first-order valence-corrected chi connectivity index (χ1v) is 7.72. The molecule has 0 aliphatic carbocycles. The van der Waals surface area contributed by atoms with Crippen LogP contribution in [-0.4, -0.2) is 54.1 Å². The standard InChI is InChI=1S/C10H14ClN3O3S/c11-8-3-12-14(4-8)9-1-2-13(5-9)18(15,16)10-6-17-7-10/h3-4,9-10H,1-2,5-7H2. The number of rotatable bonds is 3. The summed E-state index contributed by atoms with van der Waals surface area (Å²) in [4.78, 5) is 0. The third kappa shape index (κ3) is 2.05. The normalized spacial score (nSPS) is 26.4. The molecule has 1 atom stereocenters. The quantitative estimate of drug-likeness (QED) is 0.814. The third-order valence-electron chi connectivity index (χ3n) is 3.46. The van der Waals surface area contributed by atoms with E-state index in [2.05, 4.69) is 5.10 Å². The molecule has 0 saturated carbocycles. The van der Waals surface area contributed by atoms with Gasteiger partial charge in [-0.25, -0.2) is 8.42 Å². The van der Waals surface area contributed by atoms with Gasteiger partial charge in [0, 0.05) is 19.3 Å². The zero-order chi connectivity index (χ0) is 12.8. The summed E-state index contributed by atoms with van der Waals surface area (Å²) >= 11 is 5.82. The smallest absolute Gasteiger partial charge is 0.221 e. The van der Waals surface area contributed by atoms with E-state index in [0.717, 1.165) is 6.42 Å². The van der Waals surface area contributed by atoms with E-state index in [0.29, 0.717) is 31.3 Å². The Bertz CT molecular complexity index is 540. The SMILES string of the molecule is O=S(=O)(C1COC1)N1CCC(n2cc(Cl)cn2)C1. The molecule has 2 aliphatic heterocycles. The minimum atomic E-state index is -3.20. The van der Waals surface area contributed by atoms with Crippen molar-refractivity contribution < 1.29 is 13.2 Å². The van der Waals surface area contributed by atoms with Crippen molar-refractivity contribution in [1.82, 2.24) is 14.1 Å². The topological polar surface area (TPSA) is 64.4 Å². The second kappa shape index (κ2) is 4.48. The highest BCUT2D eigenvalue weighted by molar-refractivity contribution is 7.89. The number of nitrogens with zero attached hydrogens (tertiary/aromatic N) is 3. The highest BCUT2D eigenvalue weighted by Crippen LogP contribution is 2.27. The Labute approximate surface area is 111 Å². The van der Waals surface area contributed by atoms with Gasteiger partial charge < -0.3 is 4.74 Å². The molecule has 8 heteroatoms. The summed E-state index contributed by atoms with van der Waals surface area (Å²) in [5, 5.41) is 4.34. The molecule has 3 rings (SSSR count). The van der Waals surface area contributed by atoms with Gasteiger partial charge in [-0.1, -0.05) is 11.6 Å². The Kier molecular flexibility index (Phi) is 3.09. The van der Waals surface area contributed by atoms with E-state index < -0.39 is 10.0 Å². The van der Waals surface area contributed by atoms with Gasteiger partial charge in [-0.2, -0.15) is 9.40 Å². The molecule has 3 heterocycles. The van der Waals surface area contributed by atoms with Crippen LogP contribution in [0.25, 0.3) is 0 Å². The molecule has 0 bridgehead atoms. The number of halogens is 1. The first-order valence-electron chi connectivity index (χ1n) is 5.84. The second-order valence-electron chi connectivity index (χ2n) is 4.64. The lowest BCUT2D eigenvalue weighted by Crippen LogP contribution is -2.48. The molecule has 2 fully saturated rings. The summed E-state index contributed by atoms with van der Waals surface area (Å²) in [6, 6.07) is 0.0771. The molecular weight excluding hydrogens is 278 g/mol. The van der Waals surface area contributed by atoms with Gasteiger partial charge in [0.1, 0.15) is 5.25 Å². The Hall–Kier alpha value is -0.630. The maximum atomic E-state index is 12.2. The molecule has 0 radical (unpaired) electrons. The maximum absolute atomic E-state index is 12.2. The minimum Gasteiger partial charge on any atom is -0.378 e. The van der Waals surface area contributed by atoms with Crippen LogP contribution in [0.15, 0.2) is 12.4 Å². The third-order valence-corrected chi connectivity index (χ3v) is 5.82. The summed E-state index contributed by atoms with van der Waals surface area (Å²) in [6.07, 6.45) is 4.07. The summed E-state index contributed by atoms with van der Waals surface area (Å²) in [5.74, 6) is 0. The molecule has 1 unspecified atom stereocenters. The molecule has 2 saturated heterocycles. The highest BCUT2D eigenvalue weighted by atomic mass is 35.5. The lowest BCUT2D eigenvalue weighted by atomic mass is 10.3. The number of hydrogen-bond donors (Lipinski definition) is 0. The van der Waals surface area contributed by atoms with Gasteiger partial charge in [-0.3, -0.25) is 4.68 Å². The van der Waals surface area contributed by atoms with Gasteiger partial charge in [0.25, 0.3) is 0 Å². The monoisotopic (exact) mass is 291 g/mol. The number of sulfonamides is 1. The second-order valence-corrected chi connectivity index (χ2v) is 7.29. The lowest BCUT2D eigenvalue weighted by molar-refractivity contribution is 0.0394. The van der Waals surface area contributed by atoms with Gasteiger partial charge in [-0.05, 0) is 6.42 Å². The highest BCUT2D eigenvalue weighted by Gasteiger charge is 2.41. The van der Waals surface area contributed by atoms with Crippen molar-refractivity contribution >= 4 is 21.6 Å². The predicted octanol–water partition coefficient (Wildman–Crippen LogP) is 0.512. The van der Waals surface area contributed by atoms with Crippen LogP contribution in [0, 0.1) is 0 Å². The van der Waals surface area contributed by atoms with Crippen LogP contribution in [0.5, 0.6) is 0 Å². The van der Waals surface area contributed by atoms with Crippen molar-refractivity contribution in [2.75, 3.05) is 26.3 Å². The molecule has 0 aromatic carbocycles. The molecule has 1 aromatic rings. The van der Waals surface area contributed by atoms with Crippen LogP contribution in [0.2, 0.25) is 5.02 Å². The maximum Gasteiger partial charge on any atom is 0.221 e. The number of aromatic nitrogens is 2. The molecule has 0 amide bonds. The Balaban J connectivity index is 1.71. The van der Waals surface area contributed by atoms with Crippen molar-refractivity contribution in [1.29, 1.82) is 0 Å². The van der Waals surface area contributed by atoms with Gasteiger partial charge in [0.15, 0.2) is 0 Å². The van der Waals surface area contributed by atoms with Crippen molar-refractivity contribution in [2.24, 2.45) is 0 Å². The van der Waals surface area contributed by atoms with E-state index in [-0.39, 0.29) is 11.3 Å². The average Bonchev–Trinajstić information content (AvgIpc) is 2.81. The van der Waals surface area contributed by atoms with Crippen LogP contribution < -0.4 is 0 Å². The number of ether oxygens (including phenoxy) is 1. The Morgan fingerprint density at radius 3 is 2.78 bits per heavy atom. The summed E-state index contributed by atoms with van der Waals surface area (Å²) in [5.41, 5.74) is 0. The zero-order valence-corrected chi connectivity index (χ0v) is 11.3. The summed E-state index contributed by atoms with van der Waals surface area (Å²) in [7, 11) is -3.20. The van der Waals surface area contributed by atoms with Crippen LogP contribution in [0.3, 0.4) is 0 Å². The lowest BCUT2D eigenvalue weighted by Gasteiger charge is -2.29. The van der Waals surface area contributed by atoms with Crippen LogP contribution in [-0.2, 0) is 14.8 Å². The summed E-state index contributed by atoms with van der Waals surface area (Å²) < 4.78 is 32.6. The fourth-order valence-electron chi connectivity index (χ4n) is 2.27. The van der Waals surface area contributed by atoms with E-state index in [4.69, 9.17) is 16.3 Å². The molecule has 18 heavy (non-hydrogen) atoms. The first-order chi connectivity index (χ1) is 8.57. The van der Waals surface area contributed by atoms with Gasteiger partial charge in [0.05, 0.1) is 30.5 Å². The van der Waals surface area contributed by atoms with Crippen molar-refractivity contribution in [3.8, 4) is 0 Å². The van der Waals surface area contributed by atoms with Crippen molar-refractivity contribution in [3.63, 3.8) is 0 Å². The van der Waals surface area contributed by atoms with Crippen LogP contribution >= 0.6 is 11.6 Å². The average molecular weight is 292 g/mol. The molecular formula is C10H14ClN3O3S. The van der Waals surface area contributed by atoms with E-state index in [1.165, 1.54) is 0 Å². The molecule has 6 nitrogen and oxygen atoms in total. The summed E-state index contributed by atoms with van der Waals surface area (Å²) in [6.45, 7) is 1.64. The Morgan fingerprint density at radius 1 is 1.44 bits per heavy atom. The van der Waals surface area contributed by atoms with Gasteiger partial charge in [0.2, 0.25) is 10.0 Å². The molecule has 0 N–H and O–H groups in total. The van der Waals surface area contributed by atoms with Crippen LogP contribution in [0.4, 0.5) is 0 Å². The molecule has 0 spiro atoms. The first kappa shape index (κ1) is 12.4. The Morgan fingerprint density at radius 2 is 2.22 bits per heavy atom. The minimum absolute atomic E-state index is 0.0771. The van der Waals surface area contributed by atoms with Gasteiger partial charge >= 0.3 is 0 Å². The van der Waals surface area contributed by atoms with Crippen molar-refractivity contribution in [3.05, 3.63) is 17.4 Å². The molecule has 1 aromatic heterocycles. The van der Waals surface area contributed by atoms with Gasteiger partial charge in [-0.15, -0.1) is 0 Å². The number of hydrogen-bond acceptors (Lipinski definition) is 4. The molecule has 100 valence electrons. The van der Waals surface area contributed by atoms with E-state index >= 15 is 0 Å². The fourth-order valence-corrected chi connectivity index (χ4v) is 4.11. The van der Waals surface area contributed by atoms with Crippen LogP contribution in [0.1, 0.15) is 12.5 Å². The van der Waals surface area contributed by atoms with Crippen molar-refractivity contribution in [2.45, 2.75) is 17.7 Å². The van der Waals surface area contributed by atoms with E-state index in [1.807, 2.05) is 0 Å². The van der Waals surface area contributed by atoms with E-state index in [9.17, 15) is 8.42 Å². The predicted molar refractivity (Wildman–Crippen MR) is 66.0 cm³/mol. The molecule has 2 aliphatic rings. The largest absolute Gasteiger partial charge is 0.378 e. The van der Waals surface area contributed by atoms with E-state index in [1.54, 1.807) is 21.4 Å².